The van der Waals surface area contributed by atoms with Crippen LogP contribution in [0, 0.1) is 0 Å². The molecule has 32 heavy (non-hydrogen) atoms. The Balaban J connectivity index is 1.91. The molecule has 0 aliphatic heterocycles. The lowest BCUT2D eigenvalue weighted by molar-refractivity contribution is -0.116. The number of ether oxygens (including phenoxy) is 1. The summed E-state index contributed by atoms with van der Waals surface area (Å²) < 4.78 is 33.0. The molecule has 6 nitrogen and oxygen atoms in total. The van der Waals surface area contributed by atoms with Crippen molar-refractivity contribution in [3.63, 3.8) is 0 Å². The Hall–Kier alpha value is -2.29. The molecular weight excluding hydrogens is 495 g/mol. The van der Waals surface area contributed by atoms with E-state index in [9.17, 15) is 13.2 Å². The summed E-state index contributed by atoms with van der Waals surface area (Å²) in [7, 11) is -2.65. The van der Waals surface area contributed by atoms with E-state index < -0.39 is 22.5 Å². The van der Waals surface area contributed by atoms with Crippen molar-refractivity contribution in [1.29, 1.82) is 0 Å². The molecule has 0 bridgehead atoms. The maximum absolute atomic E-state index is 13.4. The quantitative estimate of drug-likeness (QED) is 0.432. The lowest BCUT2D eigenvalue weighted by Gasteiger charge is -2.22. The van der Waals surface area contributed by atoms with E-state index in [2.05, 4.69) is 5.32 Å². The van der Waals surface area contributed by atoms with Crippen molar-refractivity contribution in [3.8, 4) is 5.75 Å². The fourth-order valence-electron chi connectivity index (χ4n) is 2.92. The smallest absolute Gasteiger partial charge is 0.243 e. The normalized spacial score (nSPS) is 11.4. The number of nitrogens with zero attached hydrogens (tertiary/aromatic N) is 1. The van der Waals surface area contributed by atoms with Gasteiger partial charge in [0.25, 0.3) is 0 Å². The van der Waals surface area contributed by atoms with E-state index in [1.807, 2.05) is 6.07 Å². The van der Waals surface area contributed by atoms with Crippen LogP contribution >= 0.6 is 34.8 Å². The zero-order valence-electron chi connectivity index (χ0n) is 16.9. The van der Waals surface area contributed by atoms with Gasteiger partial charge in [0, 0.05) is 6.54 Å². The van der Waals surface area contributed by atoms with E-state index in [-0.39, 0.29) is 32.2 Å². The van der Waals surface area contributed by atoms with Gasteiger partial charge in [0.2, 0.25) is 15.9 Å². The second-order valence-corrected chi connectivity index (χ2v) is 9.83. The fourth-order valence-corrected chi connectivity index (χ4v) is 5.00. The zero-order chi connectivity index (χ0) is 23.3. The lowest BCUT2D eigenvalue weighted by Crippen LogP contribution is -2.37. The largest absolute Gasteiger partial charge is 0.495 e. The minimum Gasteiger partial charge on any atom is -0.495 e. The van der Waals surface area contributed by atoms with Gasteiger partial charge in [-0.25, -0.2) is 8.42 Å². The van der Waals surface area contributed by atoms with Crippen LogP contribution in [0.2, 0.25) is 15.1 Å². The third-order valence-electron chi connectivity index (χ3n) is 4.51. The van der Waals surface area contributed by atoms with Crippen LogP contribution in [0.1, 0.15) is 5.56 Å². The standard InChI is InChI=1S/C22H19Cl3N2O4S/c1-31-20-11-10-16(12-18(20)24)32(29,30)27(13-15-6-3-2-4-7-15)14-21(28)26-19-9-5-8-17(23)22(19)25/h2-12H,13-14H2,1H3,(H,26,28). The summed E-state index contributed by atoms with van der Waals surface area (Å²) in [5.41, 5.74) is 0.998. The van der Waals surface area contributed by atoms with E-state index >= 15 is 0 Å². The molecule has 0 unspecified atom stereocenters. The van der Waals surface area contributed by atoms with Crippen molar-refractivity contribution in [2.45, 2.75) is 11.4 Å². The van der Waals surface area contributed by atoms with Crippen LogP contribution in [0.25, 0.3) is 0 Å². The van der Waals surface area contributed by atoms with E-state index in [0.717, 1.165) is 4.31 Å². The van der Waals surface area contributed by atoms with Crippen molar-refractivity contribution in [3.05, 3.63) is 87.4 Å². The highest BCUT2D eigenvalue weighted by Crippen LogP contribution is 2.31. The molecule has 0 fully saturated rings. The van der Waals surface area contributed by atoms with Gasteiger partial charge in [0.05, 0.1) is 39.3 Å². The van der Waals surface area contributed by atoms with Crippen molar-refractivity contribution < 1.29 is 17.9 Å². The van der Waals surface area contributed by atoms with Crippen molar-refractivity contribution in [1.82, 2.24) is 4.31 Å². The Bertz CT molecular complexity index is 1220. The number of carbonyl (C=O) groups excluding carboxylic acids is 1. The van der Waals surface area contributed by atoms with Gasteiger partial charge in [-0.3, -0.25) is 4.79 Å². The molecule has 0 heterocycles. The summed E-state index contributed by atoms with van der Waals surface area (Å²) in [6.07, 6.45) is 0. The molecule has 0 saturated heterocycles. The molecule has 3 rings (SSSR count). The Morgan fingerprint density at radius 2 is 1.69 bits per heavy atom. The van der Waals surface area contributed by atoms with Crippen molar-refractivity contribution >= 4 is 56.4 Å². The summed E-state index contributed by atoms with van der Waals surface area (Å²) in [6.45, 7) is -0.479. The second kappa shape index (κ2) is 10.6. The highest BCUT2D eigenvalue weighted by Gasteiger charge is 2.28. The first-order chi connectivity index (χ1) is 15.2. The number of benzene rings is 3. The summed E-state index contributed by atoms with van der Waals surface area (Å²) in [5, 5.41) is 3.19. The molecule has 10 heteroatoms. The summed E-state index contributed by atoms with van der Waals surface area (Å²) in [6, 6.07) is 17.9. The number of methoxy groups -OCH3 is 1. The Labute approximate surface area is 201 Å². The van der Waals surface area contributed by atoms with Crippen LogP contribution in [0.4, 0.5) is 5.69 Å². The van der Waals surface area contributed by atoms with E-state index in [0.29, 0.717) is 11.3 Å². The molecule has 0 aliphatic carbocycles. The summed E-state index contributed by atoms with van der Waals surface area (Å²) in [4.78, 5) is 12.7. The minimum absolute atomic E-state index is 0.0243. The Morgan fingerprint density at radius 3 is 2.34 bits per heavy atom. The highest BCUT2D eigenvalue weighted by atomic mass is 35.5. The van der Waals surface area contributed by atoms with Gasteiger partial charge >= 0.3 is 0 Å². The van der Waals surface area contributed by atoms with E-state index in [4.69, 9.17) is 39.5 Å². The molecular formula is C22H19Cl3N2O4S. The lowest BCUT2D eigenvalue weighted by atomic mass is 10.2. The number of anilines is 1. The Morgan fingerprint density at radius 1 is 0.969 bits per heavy atom. The molecule has 0 radical (unpaired) electrons. The number of amides is 1. The maximum Gasteiger partial charge on any atom is 0.243 e. The second-order valence-electron chi connectivity index (χ2n) is 6.70. The van der Waals surface area contributed by atoms with Crippen LogP contribution in [-0.4, -0.2) is 32.3 Å². The van der Waals surface area contributed by atoms with Crippen LogP contribution < -0.4 is 10.1 Å². The van der Waals surface area contributed by atoms with Gasteiger partial charge in [-0.2, -0.15) is 4.31 Å². The van der Waals surface area contributed by atoms with Gasteiger partial charge in [-0.1, -0.05) is 71.2 Å². The highest BCUT2D eigenvalue weighted by molar-refractivity contribution is 7.89. The third kappa shape index (κ3) is 5.74. The molecule has 3 aromatic carbocycles. The maximum atomic E-state index is 13.4. The first-order valence-electron chi connectivity index (χ1n) is 9.34. The SMILES string of the molecule is COc1ccc(S(=O)(=O)N(CC(=O)Nc2cccc(Cl)c2Cl)Cc2ccccc2)cc1Cl. The minimum atomic E-state index is -4.08. The number of halogens is 3. The predicted octanol–water partition coefficient (Wildman–Crippen LogP) is 5.49. The number of hydrogen-bond acceptors (Lipinski definition) is 4. The molecule has 3 aromatic rings. The van der Waals surface area contributed by atoms with Crippen LogP contribution in [0.15, 0.2) is 71.6 Å². The zero-order valence-corrected chi connectivity index (χ0v) is 20.0. The van der Waals surface area contributed by atoms with Gasteiger partial charge in [-0.15, -0.1) is 0 Å². The predicted molar refractivity (Wildman–Crippen MR) is 127 cm³/mol. The first-order valence-corrected chi connectivity index (χ1v) is 11.9. The monoisotopic (exact) mass is 512 g/mol. The van der Waals surface area contributed by atoms with Gasteiger partial charge in [0.1, 0.15) is 5.75 Å². The average Bonchev–Trinajstić information content (AvgIpc) is 2.77. The summed E-state index contributed by atoms with van der Waals surface area (Å²) in [5.74, 6) is -0.234. The molecule has 1 N–H and O–H groups in total. The third-order valence-corrected chi connectivity index (χ3v) is 7.41. The molecule has 0 aromatic heterocycles. The molecule has 0 atom stereocenters. The van der Waals surface area contributed by atoms with E-state index in [1.165, 1.54) is 25.3 Å². The molecule has 0 spiro atoms. The number of nitrogens with one attached hydrogen (secondary N) is 1. The number of carbonyl (C=O) groups is 1. The molecule has 168 valence electrons. The van der Waals surface area contributed by atoms with Gasteiger partial charge < -0.3 is 10.1 Å². The average molecular weight is 514 g/mol. The topological polar surface area (TPSA) is 75.7 Å². The van der Waals surface area contributed by atoms with Crippen molar-refractivity contribution in [2.24, 2.45) is 0 Å². The molecule has 0 aliphatic rings. The van der Waals surface area contributed by atoms with Crippen LogP contribution in [0.5, 0.6) is 5.75 Å². The van der Waals surface area contributed by atoms with Gasteiger partial charge in [-0.05, 0) is 35.9 Å². The number of rotatable bonds is 8. The van der Waals surface area contributed by atoms with Crippen LogP contribution in [-0.2, 0) is 21.4 Å². The molecule has 0 saturated carbocycles. The first kappa shape index (κ1) is 24.4. The number of sulfonamides is 1. The van der Waals surface area contributed by atoms with Gasteiger partial charge in [0.15, 0.2) is 0 Å². The van der Waals surface area contributed by atoms with Crippen LogP contribution in [0.3, 0.4) is 0 Å². The summed E-state index contributed by atoms with van der Waals surface area (Å²) >= 11 is 18.3. The fraction of sp³-hybridized carbons (Fsp3) is 0.136. The Kier molecular flexibility index (Phi) is 8.03. The van der Waals surface area contributed by atoms with E-state index in [1.54, 1.807) is 42.5 Å². The number of hydrogen-bond donors (Lipinski definition) is 1. The van der Waals surface area contributed by atoms with Crippen molar-refractivity contribution in [2.75, 3.05) is 19.0 Å². The molecule has 1 amide bonds.